The van der Waals surface area contributed by atoms with E-state index in [1.807, 2.05) is 12.2 Å². The molecule has 0 N–H and O–H groups in total. The topological polar surface area (TPSA) is 78.5 Å². The zero-order valence-electron chi connectivity index (χ0n) is 16.8. The lowest BCUT2D eigenvalue weighted by atomic mass is 10.2. The van der Waals surface area contributed by atoms with Crippen LogP contribution in [0.1, 0.15) is 57.8 Å². The Labute approximate surface area is 166 Å². The predicted molar refractivity (Wildman–Crippen MR) is 111 cm³/mol. The molecule has 0 spiro atoms. The van der Waals surface area contributed by atoms with Gasteiger partial charge in [0.05, 0.1) is 12.7 Å². The van der Waals surface area contributed by atoms with Gasteiger partial charge in [-0.15, -0.1) is 13.2 Å². The van der Waals surface area contributed by atoms with Crippen molar-refractivity contribution in [1.29, 1.82) is 0 Å². The number of hydrogen-bond acceptors (Lipinski definition) is 4. The van der Waals surface area contributed by atoms with E-state index < -0.39 is 17.1 Å². The third-order valence-electron chi connectivity index (χ3n) is 5.03. The van der Waals surface area contributed by atoms with Gasteiger partial charge in [0, 0.05) is 19.6 Å². The fraction of sp³-hybridized carbons (Fsp3) is 0.667. The smallest absolute Gasteiger partial charge is 0.336 e. The van der Waals surface area contributed by atoms with Gasteiger partial charge in [-0.2, -0.15) is 0 Å². The highest BCUT2D eigenvalue weighted by Gasteiger charge is 2.21. The third kappa shape index (κ3) is 6.48. The standard InChI is InChI=1S/C21H33N3O4/c1-3-5-7-10-14-22-19(25)23(15-11-8-6-4-2)21(27)24(20(22)26)16-12-9-13-18-17-28-18/h3-4,18H,1-2,5-17H2. The second-order valence-electron chi connectivity index (χ2n) is 7.32. The van der Waals surface area contributed by atoms with E-state index in [1.165, 1.54) is 13.7 Å². The highest BCUT2D eigenvalue weighted by atomic mass is 16.6. The van der Waals surface area contributed by atoms with Crippen LogP contribution in [0.2, 0.25) is 0 Å². The number of rotatable bonds is 15. The Bertz CT molecular complexity index is 760. The van der Waals surface area contributed by atoms with Crippen molar-refractivity contribution in [1.82, 2.24) is 13.7 Å². The van der Waals surface area contributed by atoms with Crippen molar-refractivity contribution in [2.45, 2.75) is 83.5 Å². The Balaban J connectivity index is 2.19. The number of aromatic nitrogens is 3. The number of unbranched alkanes of at least 4 members (excludes halogenated alkanes) is 5. The Morgan fingerprint density at radius 1 is 0.750 bits per heavy atom. The van der Waals surface area contributed by atoms with Gasteiger partial charge >= 0.3 is 17.1 Å². The summed E-state index contributed by atoms with van der Waals surface area (Å²) < 4.78 is 8.88. The van der Waals surface area contributed by atoms with Gasteiger partial charge in [0.1, 0.15) is 0 Å². The van der Waals surface area contributed by atoms with E-state index in [4.69, 9.17) is 4.74 Å². The Kier molecular flexibility index (Phi) is 9.20. The van der Waals surface area contributed by atoms with Crippen LogP contribution in [-0.4, -0.2) is 26.4 Å². The lowest BCUT2D eigenvalue weighted by Gasteiger charge is -2.14. The normalized spacial score (nSPS) is 15.5. The predicted octanol–water partition coefficient (Wildman–Crippen LogP) is 2.45. The summed E-state index contributed by atoms with van der Waals surface area (Å²) in [6.45, 7) is 9.19. The molecule has 0 aromatic carbocycles. The molecule has 0 aliphatic carbocycles. The van der Waals surface area contributed by atoms with Gasteiger partial charge in [0.2, 0.25) is 0 Å². The first-order valence-electron chi connectivity index (χ1n) is 10.4. The van der Waals surface area contributed by atoms with Crippen LogP contribution in [-0.2, 0) is 24.4 Å². The fourth-order valence-corrected chi connectivity index (χ4v) is 3.25. The largest absolute Gasteiger partial charge is 0.373 e. The molecule has 1 aliphatic heterocycles. The van der Waals surface area contributed by atoms with E-state index in [9.17, 15) is 14.4 Å². The molecule has 7 nitrogen and oxygen atoms in total. The van der Waals surface area contributed by atoms with E-state index in [1.54, 1.807) is 0 Å². The van der Waals surface area contributed by atoms with Crippen molar-refractivity contribution >= 4 is 0 Å². The van der Waals surface area contributed by atoms with Crippen LogP contribution in [0.25, 0.3) is 0 Å². The van der Waals surface area contributed by atoms with Crippen molar-refractivity contribution in [3.8, 4) is 0 Å². The summed E-state index contributed by atoms with van der Waals surface area (Å²) in [5.74, 6) is 0. The minimum atomic E-state index is -0.491. The second-order valence-corrected chi connectivity index (χ2v) is 7.32. The highest BCUT2D eigenvalue weighted by Crippen LogP contribution is 2.16. The number of hydrogen-bond donors (Lipinski definition) is 0. The molecule has 1 aromatic heterocycles. The molecule has 0 saturated carbocycles. The van der Waals surface area contributed by atoms with Crippen molar-refractivity contribution < 1.29 is 4.74 Å². The molecule has 1 unspecified atom stereocenters. The molecule has 1 atom stereocenters. The zero-order chi connectivity index (χ0) is 20.4. The Morgan fingerprint density at radius 3 is 1.50 bits per heavy atom. The average molecular weight is 392 g/mol. The monoisotopic (exact) mass is 391 g/mol. The molecule has 7 heteroatoms. The van der Waals surface area contributed by atoms with Gasteiger partial charge in [0.25, 0.3) is 0 Å². The summed E-state index contributed by atoms with van der Waals surface area (Å²) in [5, 5.41) is 0. The molecular weight excluding hydrogens is 358 g/mol. The SMILES string of the molecule is C=CCCCCn1c(=O)n(CCCCC=C)c(=O)n(CCCCC2CO2)c1=O. The van der Waals surface area contributed by atoms with Crippen LogP contribution in [0.4, 0.5) is 0 Å². The first-order chi connectivity index (χ1) is 13.6. The number of allylic oxidation sites excluding steroid dienone is 2. The lowest BCUT2D eigenvalue weighted by molar-refractivity contribution is 0.380. The quantitative estimate of drug-likeness (QED) is 0.261. The van der Waals surface area contributed by atoms with Gasteiger partial charge < -0.3 is 4.74 Å². The third-order valence-corrected chi connectivity index (χ3v) is 5.03. The maximum atomic E-state index is 12.8. The van der Waals surface area contributed by atoms with Crippen LogP contribution in [0, 0.1) is 0 Å². The molecule has 156 valence electrons. The van der Waals surface area contributed by atoms with Crippen LogP contribution < -0.4 is 17.1 Å². The van der Waals surface area contributed by atoms with Crippen LogP contribution in [0.3, 0.4) is 0 Å². The Hall–Kier alpha value is -2.15. The maximum absolute atomic E-state index is 12.8. The molecule has 1 aliphatic rings. The van der Waals surface area contributed by atoms with Crippen LogP contribution in [0.15, 0.2) is 39.7 Å². The van der Waals surface area contributed by atoms with Crippen molar-refractivity contribution in [2.24, 2.45) is 0 Å². The summed E-state index contributed by atoms with van der Waals surface area (Å²) in [5.41, 5.74) is -1.47. The van der Waals surface area contributed by atoms with Gasteiger partial charge in [-0.3, -0.25) is 0 Å². The highest BCUT2D eigenvalue weighted by molar-refractivity contribution is 4.80. The van der Waals surface area contributed by atoms with E-state index >= 15 is 0 Å². The molecule has 1 aromatic rings. The average Bonchev–Trinajstić information content (AvgIpc) is 3.50. The fourth-order valence-electron chi connectivity index (χ4n) is 3.25. The molecular formula is C21H33N3O4. The summed E-state index contributed by atoms with van der Waals surface area (Å²) >= 11 is 0. The van der Waals surface area contributed by atoms with Gasteiger partial charge in [-0.05, 0) is 57.8 Å². The van der Waals surface area contributed by atoms with Gasteiger partial charge in [0.15, 0.2) is 0 Å². The maximum Gasteiger partial charge on any atom is 0.336 e. The Morgan fingerprint density at radius 2 is 1.14 bits per heavy atom. The second kappa shape index (κ2) is 11.6. The molecule has 1 fully saturated rings. The number of epoxide rings is 1. The van der Waals surface area contributed by atoms with Crippen molar-refractivity contribution in [3.63, 3.8) is 0 Å². The van der Waals surface area contributed by atoms with E-state index in [-0.39, 0.29) is 0 Å². The molecule has 1 saturated heterocycles. The first-order valence-corrected chi connectivity index (χ1v) is 10.4. The number of ether oxygens (including phenoxy) is 1. The van der Waals surface area contributed by atoms with Crippen LogP contribution in [0.5, 0.6) is 0 Å². The summed E-state index contributed by atoms with van der Waals surface area (Å²) in [4.78, 5) is 38.4. The summed E-state index contributed by atoms with van der Waals surface area (Å²) in [6.07, 6.45) is 11.4. The summed E-state index contributed by atoms with van der Waals surface area (Å²) in [6, 6.07) is 0. The van der Waals surface area contributed by atoms with E-state index in [0.29, 0.717) is 38.6 Å². The molecule has 0 amide bonds. The molecule has 2 rings (SSSR count). The molecule has 0 radical (unpaired) electrons. The van der Waals surface area contributed by atoms with E-state index in [2.05, 4.69) is 13.2 Å². The molecule has 2 heterocycles. The van der Waals surface area contributed by atoms with Gasteiger partial charge in [-0.1, -0.05) is 12.2 Å². The van der Waals surface area contributed by atoms with E-state index in [0.717, 1.165) is 51.6 Å². The minimum absolute atomic E-state index is 0.328. The molecule has 28 heavy (non-hydrogen) atoms. The number of nitrogens with zero attached hydrogens (tertiary/aromatic N) is 3. The van der Waals surface area contributed by atoms with Crippen molar-refractivity contribution in [3.05, 3.63) is 56.8 Å². The minimum Gasteiger partial charge on any atom is -0.373 e. The lowest BCUT2D eigenvalue weighted by Crippen LogP contribution is -2.54. The zero-order valence-corrected chi connectivity index (χ0v) is 16.8. The molecule has 0 bridgehead atoms. The van der Waals surface area contributed by atoms with Crippen molar-refractivity contribution in [2.75, 3.05) is 6.61 Å². The first kappa shape index (κ1) is 22.1. The van der Waals surface area contributed by atoms with Crippen LogP contribution >= 0.6 is 0 Å². The van der Waals surface area contributed by atoms with Gasteiger partial charge in [-0.25, -0.2) is 28.1 Å². The summed E-state index contributed by atoms with van der Waals surface area (Å²) in [7, 11) is 0.